The molecule has 134 valence electrons. The van der Waals surface area contributed by atoms with E-state index in [0.29, 0.717) is 0 Å². The number of halogens is 2. The summed E-state index contributed by atoms with van der Waals surface area (Å²) in [6.45, 7) is 1.90. The van der Waals surface area contributed by atoms with Crippen molar-refractivity contribution < 1.29 is 13.6 Å². The molecule has 27 heavy (non-hydrogen) atoms. The van der Waals surface area contributed by atoms with E-state index in [0.717, 1.165) is 34.7 Å². The van der Waals surface area contributed by atoms with Gasteiger partial charge in [-0.25, -0.2) is 18.3 Å². The van der Waals surface area contributed by atoms with Gasteiger partial charge in [0.15, 0.2) is 11.6 Å². The Morgan fingerprint density at radius 2 is 1.85 bits per heavy atom. The third-order valence-corrected chi connectivity index (χ3v) is 4.09. The lowest BCUT2D eigenvalue weighted by molar-refractivity contribution is 0.101. The van der Waals surface area contributed by atoms with Crippen LogP contribution in [0.3, 0.4) is 0 Å². The number of nitrogens with zero attached hydrogens (tertiary/aromatic N) is 4. The van der Waals surface area contributed by atoms with E-state index in [1.165, 1.54) is 0 Å². The summed E-state index contributed by atoms with van der Waals surface area (Å²) in [5.41, 5.74) is 2.80. The SMILES string of the molecule is Cc1nn2ccccc2c1-c1ccc(NC(=O)c2c(F)cncc2F)nc1. The maximum Gasteiger partial charge on any atom is 0.262 e. The molecule has 0 aliphatic heterocycles. The van der Waals surface area contributed by atoms with Crippen molar-refractivity contribution in [2.45, 2.75) is 6.92 Å². The fraction of sp³-hybridized carbons (Fsp3) is 0.0526. The highest BCUT2D eigenvalue weighted by Gasteiger charge is 2.18. The van der Waals surface area contributed by atoms with Gasteiger partial charge in [-0.05, 0) is 31.2 Å². The first kappa shape index (κ1) is 16.8. The predicted octanol–water partition coefficient (Wildman–Crippen LogP) is 3.63. The van der Waals surface area contributed by atoms with Crippen molar-refractivity contribution in [1.29, 1.82) is 0 Å². The van der Waals surface area contributed by atoms with Crippen molar-refractivity contribution in [3.63, 3.8) is 0 Å². The quantitative estimate of drug-likeness (QED) is 0.602. The molecule has 0 radical (unpaired) electrons. The van der Waals surface area contributed by atoms with E-state index in [1.54, 1.807) is 22.8 Å². The molecule has 4 aromatic heterocycles. The van der Waals surface area contributed by atoms with Crippen LogP contribution >= 0.6 is 0 Å². The second kappa shape index (κ2) is 6.56. The standard InChI is InChI=1S/C19H13F2N5O/c1-11-17(15-4-2-3-7-26(15)25-11)12-5-6-16(23-8-12)24-19(27)18-13(20)9-22-10-14(18)21/h2-10H,1H3,(H,23,24,27). The molecule has 0 aliphatic rings. The lowest BCUT2D eigenvalue weighted by atomic mass is 10.1. The number of fused-ring (bicyclic) bond motifs is 1. The van der Waals surface area contributed by atoms with Crippen LogP contribution < -0.4 is 5.32 Å². The normalized spacial score (nSPS) is 10.9. The Balaban J connectivity index is 1.63. The van der Waals surface area contributed by atoms with Gasteiger partial charge in [-0.15, -0.1) is 0 Å². The highest BCUT2D eigenvalue weighted by molar-refractivity contribution is 6.04. The van der Waals surface area contributed by atoms with Crippen LogP contribution in [0.15, 0.2) is 55.1 Å². The number of anilines is 1. The van der Waals surface area contributed by atoms with Crippen LogP contribution in [0.1, 0.15) is 16.1 Å². The highest BCUT2D eigenvalue weighted by Crippen LogP contribution is 2.28. The van der Waals surface area contributed by atoms with Gasteiger partial charge in [0, 0.05) is 23.5 Å². The van der Waals surface area contributed by atoms with E-state index in [9.17, 15) is 13.6 Å². The van der Waals surface area contributed by atoms with E-state index >= 15 is 0 Å². The molecule has 4 heterocycles. The van der Waals surface area contributed by atoms with E-state index in [-0.39, 0.29) is 5.82 Å². The summed E-state index contributed by atoms with van der Waals surface area (Å²) in [4.78, 5) is 19.7. The van der Waals surface area contributed by atoms with Gasteiger partial charge < -0.3 is 5.32 Å². The van der Waals surface area contributed by atoms with Gasteiger partial charge in [0.25, 0.3) is 5.91 Å². The Kier molecular flexibility index (Phi) is 4.08. The minimum Gasteiger partial charge on any atom is -0.306 e. The number of carbonyl (C=O) groups excluding carboxylic acids is 1. The van der Waals surface area contributed by atoms with Crippen LogP contribution in [0.5, 0.6) is 0 Å². The Morgan fingerprint density at radius 3 is 2.56 bits per heavy atom. The molecule has 4 rings (SSSR count). The van der Waals surface area contributed by atoms with Gasteiger partial charge in [0.2, 0.25) is 0 Å². The topological polar surface area (TPSA) is 72.2 Å². The first-order valence-electron chi connectivity index (χ1n) is 8.05. The smallest absolute Gasteiger partial charge is 0.262 e. The van der Waals surface area contributed by atoms with Crippen LogP contribution in [0.2, 0.25) is 0 Å². The lowest BCUT2D eigenvalue weighted by Gasteiger charge is -2.07. The predicted molar refractivity (Wildman–Crippen MR) is 95.3 cm³/mol. The zero-order valence-electron chi connectivity index (χ0n) is 14.1. The van der Waals surface area contributed by atoms with Crippen LogP contribution in [0, 0.1) is 18.6 Å². The molecule has 1 amide bonds. The summed E-state index contributed by atoms with van der Waals surface area (Å²) in [7, 11) is 0. The number of amides is 1. The maximum atomic E-state index is 13.7. The maximum absolute atomic E-state index is 13.7. The van der Waals surface area contributed by atoms with Crippen molar-refractivity contribution in [2.75, 3.05) is 5.32 Å². The molecule has 0 spiro atoms. The minimum atomic E-state index is -1.04. The fourth-order valence-electron chi connectivity index (χ4n) is 2.90. The molecule has 0 bridgehead atoms. The zero-order valence-corrected chi connectivity index (χ0v) is 14.1. The summed E-state index contributed by atoms with van der Waals surface area (Å²) in [6, 6.07) is 9.08. The van der Waals surface area contributed by atoms with Crippen molar-refractivity contribution >= 4 is 17.2 Å². The number of hydrogen-bond donors (Lipinski definition) is 1. The van der Waals surface area contributed by atoms with Gasteiger partial charge in [-0.2, -0.15) is 5.10 Å². The molecule has 0 saturated heterocycles. The van der Waals surface area contributed by atoms with Crippen molar-refractivity contribution in [1.82, 2.24) is 19.6 Å². The van der Waals surface area contributed by atoms with Crippen molar-refractivity contribution in [3.05, 3.63) is 78.0 Å². The van der Waals surface area contributed by atoms with Crippen LogP contribution in [-0.4, -0.2) is 25.5 Å². The summed E-state index contributed by atoms with van der Waals surface area (Å²) >= 11 is 0. The number of pyridine rings is 3. The third kappa shape index (κ3) is 3.01. The molecule has 0 aliphatic carbocycles. The number of carbonyl (C=O) groups is 1. The third-order valence-electron chi connectivity index (χ3n) is 4.09. The van der Waals surface area contributed by atoms with Gasteiger partial charge in [0.05, 0.1) is 23.6 Å². The van der Waals surface area contributed by atoms with E-state index in [4.69, 9.17) is 0 Å². The Morgan fingerprint density at radius 1 is 1.07 bits per heavy atom. The summed E-state index contributed by atoms with van der Waals surface area (Å²) in [6.07, 6.45) is 4.99. The van der Waals surface area contributed by atoms with Gasteiger partial charge in [0.1, 0.15) is 11.4 Å². The lowest BCUT2D eigenvalue weighted by Crippen LogP contribution is -2.16. The van der Waals surface area contributed by atoms with E-state index in [2.05, 4.69) is 20.4 Å². The number of aromatic nitrogens is 4. The molecule has 0 atom stereocenters. The molecule has 0 saturated carbocycles. The average Bonchev–Trinajstić information content (AvgIpc) is 2.98. The second-order valence-electron chi connectivity index (χ2n) is 5.86. The molecular weight excluding hydrogens is 352 g/mol. The van der Waals surface area contributed by atoms with Crippen LogP contribution in [0.25, 0.3) is 16.6 Å². The Bertz CT molecular complexity index is 1130. The monoisotopic (exact) mass is 365 g/mol. The first-order valence-corrected chi connectivity index (χ1v) is 8.05. The van der Waals surface area contributed by atoms with Crippen molar-refractivity contribution in [3.8, 4) is 11.1 Å². The number of nitrogens with one attached hydrogen (secondary N) is 1. The Labute approximate surface area is 152 Å². The number of aryl methyl sites for hydroxylation is 1. The minimum absolute atomic E-state index is 0.175. The fourth-order valence-corrected chi connectivity index (χ4v) is 2.90. The van der Waals surface area contributed by atoms with Crippen LogP contribution in [-0.2, 0) is 0 Å². The van der Waals surface area contributed by atoms with E-state index in [1.807, 2.05) is 31.3 Å². The molecular formula is C19H13F2N5O. The number of rotatable bonds is 3. The molecule has 6 nitrogen and oxygen atoms in total. The van der Waals surface area contributed by atoms with Gasteiger partial charge in [-0.1, -0.05) is 6.07 Å². The zero-order chi connectivity index (χ0) is 19.0. The summed E-state index contributed by atoms with van der Waals surface area (Å²) in [5.74, 6) is -2.83. The molecule has 0 fully saturated rings. The molecule has 0 unspecified atom stereocenters. The number of hydrogen-bond acceptors (Lipinski definition) is 4. The molecule has 1 N–H and O–H groups in total. The summed E-state index contributed by atoms with van der Waals surface area (Å²) < 4.78 is 29.1. The second-order valence-corrected chi connectivity index (χ2v) is 5.86. The van der Waals surface area contributed by atoms with Crippen molar-refractivity contribution in [2.24, 2.45) is 0 Å². The van der Waals surface area contributed by atoms with Gasteiger partial charge >= 0.3 is 0 Å². The summed E-state index contributed by atoms with van der Waals surface area (Å²) in [5, 5.41) is 6.83. The molecule has 4 aromatic rings. The Hall–Kier alpha value is -3.68. The average molecular weight is 365 g/mol. The largest absolute Gasteiger partial charge is 0.306 e. The highest BCUT2D eigenvalue weighted by atomic mass is 19.1. The molecule has 8 heteroatoms. The first-order chi connectivity index (χ1) is 13.0. The molecule has 0 aromatic carbocycles. The van der Waals surface area contributed by atoms with Gasteiger partial charge in [-0.3, -0.25) is 9.78 Å². The van der Waals surface area contributed by atoms with Crippen LogP contribution in [0.4, 0.5) is 14.6 Å². The van der Waals surface area contributed by atoms with E-state index < -0.39 is 23.1 Å².